The Morgan fingerprint density at radius 3 is 2.10 bits per heavy atom. The van der Waals surface area contributed by atoms with E-state index in [0.29, 0.717) is 6.07 Å². The Bertz CT molecular complexity index is 712. The molecule has 0 heterocycles. The summed E-state index contributed by atoms with van der Waals surface area (Å²) in [6.07, 6.45) is -4.98. The van der Waals surface area contributed by atoms with E-state index < -0.39 is 45.1 Å². The second-order valence-corrected chi connectivity index (χ2v) is 4.06. The third-order valence-corrected chi connectivity index (χ3v) is 2.77. The average Bonchev–Trinajstić information content (AvgIpc) is 2.40. The summed E-state index contributed by atoms with van der Waals surface area (Å²) in [5.74, 6) is -2.75. The van der Waals surface area contributed by atoms with Crippen LogP contribution in [0.15, 0.2) is 36.4 Å². The van der Waals surface area contributed by atoms with Crippen molar-refractivity contribution in [1.29, 1.82) is 0 Å². The molecule has 8 heteroatoms. The molecule has 0 fully saturated rings. The molecule has 0 radical (unpaired) electrons. The van der Waals surface area contributed by atoms with Crippen LogP contribution in [-0.4, -0.2) is 4.92 Å². The summed E-state index contributed by atoms with van der Waals surface area (Å²) >= 11 is 0. The maximum Gasteiger partial charge on any atom is 0.423 e. The van der Waals surface area contributed by atoms with Crippen LogP contribution in [0.4, 0.5) is 27.6 Å². The molecular weight excluding hydrogens is 297 g/mol. The van der Waals surface area contributed by atoms with Crippen molar-refractivity contribution in [3.8, 4) is 11.1 Å². The van der Waals surface area contributed by atoms with Gasteiger partial charge in [0.2, 0.25) is 0 Å². The summed E-state index contributed by atoms with van der Waals surface area (Å²) in [5.41, 5.74) is -4.07. The topological polar surface area (TPSA) is 43.1 Å². The molecule has 110 valence electrons. The van der Waals surface area contributed by atoms with Gasteiger partial charge in [-0.3, -0.25) is 10.1 Å². The Balaban J connectivity index is 2.82. The van der Waals surface area contributed by atoms with E-state index in [2.05, 4.69) is 0 Å². The van der Waals surface area contributed by atoms with Crippen molar-refractivity contribution < 1.29 is 26.9 Å². The third kappa shape index (κ3) is 2.69. The van der Waals surface area contributed by atoms with E-state index in [1.54, 1.807) is 0 Å². The van der Waals surface area contributed by atoms with Crippen LogP contribution in [0.25, 0.3) is 11.1 Å². The van der Waals surface area contributed by atoms with Crippen LogP contribution >= 0.6 is 0 Å². The highest BCUT2D eigenvalue weighted by Crippen LogP contribution is 2.42. The molecule has 0 atom stereocenters. The fraction of sp³-hybridized carbons (Fsp3) is 0.0769. The molecule has 0 saturated carbocycles. The van der Waals surface area contributed by atoms with E-state index in [0.717, 1.165) is 30.3 Å². The first-order chi connectivity index (χ1) is 9.73. The number of hydrogen-bond acceptors (Lipinski definition) is 2. The molecule has 0 amide bonds. The van der Waals surface area contributed by atoms with Gasteiger partial charge in [-0.25, -0.2) is 8.78 Å². The van der Waals surface area contributed by atoms with E-state index in [1.807, 2.05) is 0 Å². The van der Waals surface area contributed by atoms with Crippen molar-refractivity contribution in [3.63, 3.8) is 0 Å². The van der Waals surface area contributed by atoms with E-state index >= 15 is 0 Å². The Kier molecular flexibility index (Phi) is 3.63. The highest BCUT2D eigenvalue weighted by Gasteiger charge is 2.40. The van der Waals surface area contributed by atoms with Crippen LogP contribution in [0.2, 0.25) is 0 Å². The molecule has 0 N–H and O–H groups in total. The maximum absolute atomic E-state index is 13.7. The molecule has 0 spiro atoms. The standard InChI is InChI=1S/C13H6F5NO2/c14-10-6-2-3-7(11(10)15)8-4-1-5-9(13(16,17)18)12(8)19(20)21/h1-6H. The van der Waals surface area contributed by atoms with Crippen LogP contribution < -0.4 is 0 Å². The SMILES string of the molecule is O=[N+]([O-])c1c(-c2cccc(F)c2F)cccc1C(F)(F)F. The van der Waals surface area contributed by atoms with Gasteiger partial charge in [0.15, 0.2) is 11.6 Å². The van der Waals surface area contributed by atoms with Crippen LogP contribution in [0.5, 0.6) is 0 Å². The van der Waals surface area contributed by atoms with Crippen molar-refractivity contribution in [1.82, 2.24) is 0 Å². The molecule has 0 unspecified atom stereocenters. The lowest BCUT2D eigenvalue weighted by molar-refractivity contribution is -0.387. The molecule has 0 aliphatic carbocycles. The van der Waals surface area contributed by atoms with Crippen molar-refractivity contribution in [2.75, 3.05) is 0 Å². The number of alkyl halides is 3. The van der Waals surface area contributed by atoms with Gasteiger partial charge in [0, 0.05) is 5.56 Å². The van der Waals surface area contributed by atoms with Crippen LogP contribution in [0.3, 0.4) is 0 Å². The van der Waals surface area contributed by atoms with Crippen LogP contribution in [-0.2, 0) is 6.18 Å². The molecule has 2 aromatic carbocycles. The minimum absolute atomic E-state index is 0.513. The predicted octanol–water partition coefficient (Wildman–Crippen LogP) is 4.56. The van der Waals surface area contributed by atoms with Gasteiger partial charge in [0.25, 0.3) is 5.69 Å². The zero-order chi connectivity index (χ0) is 15.8. The molecule has 0 aliphatic rings. The zero-order valence-corrected chi connectivity index (χ0v) is 10.1. The van der Waals surface area contributed by atoms with E-state index in [9.17, 15) is 32.1 Å². The number of nitro groups is 1. The van der Waals surface area contributed by atoms with Crippen LogP contribution in [0.1, 0.15) is 5.56 Å². The molecule has 0 bridgehead atoms. The molecule has 0 saturated heterocycles. The summed E-state index contributed by atoms with van der Waals surface area (Å²) < 4.78 is 65.3. The highest BCUT2D eigenvalue weighted by atomic mass is 19.4. The van der Waals surface area contributed by atoms with Crippen molar-refractivity contribution in [2.24, 2.45) is 0 Å². The minimum atomic E-state index is -4.98. The van der Waals surface area contributed by atoms with Crippen molar-refractivity contribution >= 4 is 5.69 Å². The van der Waals surface area contributed by atoms with Gasteiger partial charge in [0.05, 0.1) is 10.5 Å². The van der Waals surface area contributed by atoms with Gasteiger partial charge in [-0.1, -0.05) is 18.2 Å². The first-order valence-electron chi connectivity index (χ1n) is 5.52. The lowest BCUT2D eigenvalue weighted by Gasteiger charge is -2.11. The average molecular weight is 303 g/mol. The second kappa shape index (κ2) is 5.12. The minimum Gasteiger partial charge on any atom is -0.258 e. The Morgan fingerprint density at radius 1 is 0.952 bits per heavy atom. The molecular formula is C13H6F5NO2. The van der Waals surface area contributed by atoms with Gasteiger partial charge in [-0.05, 0) is 18.2 Å². The quantitative estimate of drug-likeness (QED) is 0.464. The van der Waals surface area contributed by atoms with Gasteiger partial charge >= 0.3 is 6.18 Å². The number of nitro benzene ring substituents is 1. The summed E-state index contributed by atoms with van der Waals surface area (Å²) in [4.78, 5) is 9.69. The van der Waals surface area contributed by atoms with E-state index in [4.69, 9.17) is 0 Å². The fourth-order valence-corrected chi connectivity index (χ4v) is 1.90. The number of para-hydroxylation sites is 1. The van der Waals surface area contributed by atoms with Gasteiger partial charge < -0.3 is 0 Å². The molecule has 0 aromatic heterocycles. The lowest BCUT2D eigenvalue weighted by atomic mass is 9.99. The fourth-order valence-electron chi connectivity index (χ4n) is 1.90. The van der Waals surface area contributed by atoms with E-state index in [-0.39, 0.29) is 0 Å². The number of rotatable bonds is 2. The number of halogens is 5. The summed E-state index contributed by atoms with van der Waals surface area (Å²) in [5, 5.41) is 10.9. The maximum atomic E-state index is 13.7. The van der Waals surface area contributed by atoms with Crippen molar-refractivity contribution in [2.45, 2.75) is 6.18 Å². The predicted molar refractivity (Wildman–Crippen MR) is 63.5 cm³/mol. The number of hydrogen-bond donors (Lipinski definition) is 0. The largest absolute Gasteiger partial charge is 0.423 e. The molecule has 2 rings (SSSR count). The zero-order valence-electron chi connectivity index (χ0n) is 10.1. The van der Waals surface area contributed by atoms with Gasteiger partial charge in [0.1, 0.15) is 5.56 Å². The monoisotopic (exact) mass is 303 g/mol. The molecule has 2 aromatic rings. The second-order valence-electron chi connectivity index (χ2n) is 4.06. The number of nitrogens with zero attached hydrogens (tertiary/aromatic N) is 1. The first-order valence-corrected chi connectivity index (χ1v) is 5.52. The Morgan fingerprint density at radius 2 is 1.52 bits per heavy atom. The molecule has 0 aliphatic heterocycles. The van der Waals surface area contributed by atoms with Crippen molar-refractivity contribution in [3.05, 3.63) is 63.7 Å². The normalized spacial score (nSPS) is 11.5. The molecule has 3 nitrogen and oxygen atoms in total. The highest BCUT2D eigenvalue weighted by molar-refractivity contribution is 5.76. The summed E-state index contributed by atoms with van der Waals surface area (Å²) in [6, 6.07) is 5.14. The van der Waals surface area contributed by atoms with E-state index in [1.165, 1.54) is 0 Å². The molecule has 21 heavy (non-hydrogen) atoms. The summed E-state index contributed by atoms with van der Waals surface area (Å²) in [6.45, 7) is 0. The smallest absolute Gasteiger partial charge is 0.258 e. The summed E-state index contributed by atoms with van der Waals surface area (Å²) in [7, 11) is 0. The third-order valence-electron chi connectivity index (χ3n) is 2.77. The van der Waals surface area contributed by atoms with Gasteiger partial charge in [-0.2, -0.15) is 13.2 Å². The van der Waals surface area contributed by atoms with Gasteiger partial charge in [-0.15, -0.1) is 0 Å². The number of benzene rings is 2. The van der Waals surface area contributed by atoms with Crippen LogP contribution in [0, 0.1) is 21.7 Å². The Labute approximate surface area is 114 Å². The first kappa shape index (κ1) is 14.9. The Hall–Kier alpha value is -2.51. The lowest BCUT2D eigenvalue weighted by Crippen LogP contribution is -2.10.